The highest BCUT2D eigenvalue weighted by molar-refractivity contribution is 8.26. The summed E-state index contributed by atoms with van der Waals surface area (Å²) in [7, 11) is 0. The Morgan fingerprint density at radius 1 is 1.03 bits per heavy atom. The van der Waals surface area contributed by atoms with E-state index in [4.69, 9.17) is 5.41 Å². The third-order valence-corrected chi connectivity index (χ3v) is 6.98. The molecular weight excluding hydrogens is 442 g/mol. The maximum Gasteiger partial charge on any atom is 0.283 e. The van der Waals surface area contributed by atoms with Gasteiger partial charge in [-0.05, 0) is 79.9 Å². The molecule has 0 saturated heterocycles. The summed E-state index contributed by atoms with van der Waals surface area (Å²) in [6, 6.07) is 18.5. The number of amides is 1. The van der Waals surface area contributed by atoms with Crippen molar-refractivity contribution in [1.82, 2.24) is 9.58 Å². The van der Waals surface area contributed by atoms with Crippen molar-refractivity contribution in [3.63, 3.8) is 0 Å². The van der Waals surface area contributed by atoms with E-state index in [9.17, 15) is 4.79 Å². The highest BCUT2D eigenvalue weighted by Crippen LogP contribution is 2.31. The molecule has 0 bridgehead atoms. The number of nitrogens with zero attached hydrogens (tertiary/aromatic N) is 4. The van der Waals surface area contributed by atoms with Crippen LogP contribution < -0.4 is 0 Å². The lowest BCUT2D eigenvalue weighted by Crippen LogP contribution is -2.35. The molecule has 0 saturated carbocycles. The zero-order valence-electron chi connectivity index (χ0n) is 19.6. The van der Waals surface area contributed by atoms with Crippen LogP contribution in [0.5, 0.6) is 0 Å². The lowest BCUT2D eigenvalue weighted by Gasteiger charge is -2.20. The van der Waals surface area contributed by atoms with Crippen LogP contribution in [0.4, 0.5) is 0 Å². The molecule has 5 rings (SSSR count). The summed E-state index contributed by atoms with van der Waals surface area (Å²) in [5.74, 6) is -0.349. The Kier molecular flexibility index (Phi) is 5.57. The van der Waals surface area contributed by atoms with Gasteiger partial charge in [-0.3, -0.25) is 10.2 Å². The van der Waals surface area contributed by atoms with E-state index in [1.165, 1.54) is 27.9 Å². The van der Waals surface area contributed by atoms with Gasteiger partial charge in [-0.1, -0.05) is 42.5 Å². The molecule has 1 amide bonds. The van der Waals surface area contributed by atoms with Crippen LogP contribution in [-0.4, -0.2) is 31.5 Å². The summed E-state index contributed by atoms with van der Waals surface area (Å²) < 4.78 is 2.20. The molecule has 34 heavy (non-hydrogen) atoms. The van der Waals surface area contributed by atoms with Gasteiger partial charge in [0.2, 0.25) is 5.17 Å². The Balaban J connectivity index is 1.48. The first-order valence-corrected chi connectivity index (χ1v) is 11.9. The van der Waals surface area contributed by atoms with E-state index in [1.807, 2.05) is 43.3 Å². The van der Waals surface area contributed by atoms with Crippen LogP contribution in [0.1, 0.15) is 33.6 Å². The lowest BCUT2D eigenvalue weighted by atomic mass is 10.1. The van der Waals surface area contributed by atoms with Crippen LogP contribution in [0.15, 0.2) is 70.3 Å². The molecule has 3 heterocycles. The fraction of sp³-hybridized carbons (Fsp3) is 0.185. The van der Waals surface area contributed by atoms with E-state index >= 15 is 0 Å². The number of carbonyl (C=O) groups excluding carboxylic acids is 1. The highest BCUT2D eigenvalue weighted by Gasteiger charge is 2.35. The zero-order valence-corrected chi connectivity index (χ0v) is 20.4. The number of aromatic nitrogens is 1. The number of rotatable bonds is 4. The molecule has 3 aromatic rings. The van der Waals surface area contributed by atoms with Crippen molar-refractivity contribution in [3.05, 3.63) is 93.8 Å². The second kappa shape index (κ2) is 8.57. The van der Waals surface area contributed by atoms with E-state index in [0.29, 0.717) is 11.6 Å². The van der Waals surface area contributed by atoms with E-state index in [2.05, 4.69) is 53.6 Å². The number of hydrogen-bond acceptors (Lipinski definition) is 4. The van der Waals surface area contributed by atoms with Gasteiger partial charge in [0.15, 0.2) is 5.84 Å². The standard InChI is InChI=1S/C27H25N5OS/c1-16-10-11-17(2)23(12-16)31-18(3)13-21(19(31)4)15-22-25(28)32-27(29-26(22)33)34-24(30-32)14-20-8-6-5-7-9-20/h5-13,15,28H,14H2,1-4H3. The maximum atomic E-state index is 12.9. The number of aryl methyl sites for hydroxylation is 3. The minimum Gasteiger partial charge on any atom is -0.318 e. The van der Waals surface area contributed by atoms with Gasteiger partial charge >= 0.3 is 0 Å². The van der Waals surface area contributed by atoms with Crippen molar-refractivity contribution in [2.75, 3.05) is 0 Å². The lowest BCUT2D eigenvalue weighted by molar-refractivity contribution is -0.114. The topological polar surface area (TPSA) is 73.8 Å². The van der Waals surface area contributed by atoms with Gasteiger partial charge in [0.05, 0.1) is 5.57 Å². The highest BCUT2D eigenvalue weighted by atomic mass is 32.2. The van der Waals surface area contributed by atoms with Crippen molar-refractivity contribution >= 4 is 39.8 Å². The SMILES string of the molecule is Cc1ccc(C)c(-n2c(C)cc(C=C3C(=N)N4N=C(Cc5ccccc5)SC4=NC3=O)c2C)c1. The zero-order chi connectivity index (χ0) is 24.0. The van der Waals surface area contributed by atoms with Crippen LogP contribution in [0, 0.1) is 33.1 Å². The van der Waals surface area contributed by atoms with Crippen molar-refractivity contribution < 1.29 is 4.79 Å². The normalized spacial score (nSPS) is 16.7. The average Bonchev–Trinajstić information content (AvgIpc) is 3.33. The Labute approximate surface area is 203 Å². The third-order valence-electron chi connectivity index (χ3n) is 6.07. The number of aliphatic imine (C=N–C) groups is 1. The first kappa shape index (κ1) is 22.1. The Hall–Kier alpha value is -3.71. The summed E-state index contributed by atoms with van der Waals surface area (Å²) in [5.41, 5.74) is 7.83. The van der Waals surface area contributed by atoms with Crippen LogP contribution in [0.25, 0.3) is 11.8 Å². The number of nitrogens with one attached hydrogen (secondary N) is 1. The number of carbonyl (C=O) groups is 1. The van der Waals surface area contributed by atoms with Gasteiger partial charge in [-0.2, -0.15) is 15.1 Å². The Bertz CT molecular complexity index is 1430. The fourth-order valence-electron chi connectivity index (χ4n) is 4.29. The molecule has 0 unspecified atom stereocenters. The van der Waals surface area contributed by atoms with Crippen LogP contribution >= 0.6 is 11.8 Å². The van der Waals surface area contributed by atoms with Gasteiger partial charge in [0.1, 0.15) is 5.04 Å². The van der Waals surface area contributed by atoms with Gasteiger partial charge in [0.25, 0.3) is 5.91 Å². The molecule has 7 heteroatoms. The number of hydrogen-bond donors (Lipinski definition) is 1. The van der Waals surface area contributed by atoms with Crippen molar-refractivity contribution in [1.29, 1.82) is 5.41 Å². The number of thioether (sulfide) groups is 1. The largest absolute Gasteiger partial charge is 0.318 e. The van der Waals surface area contributed by atoms with Gasteiger partial charge in [0, 0.05) is 23.5 Å². The fourth-order valence-corrected chi connectivity index (χ4v) is 5.21. The molecule has 0 aliphatic carbocycles. The Morgan fingerprint density at radius 3 is 2.56 bits per heavy atom. The molecule has 1 aromatic heterocycles. The number of hydrazone groups is 1. The number of amidine groups is 2. The smallest absolute Gasteiger partial charge is 0.283 e. The molecular formula is C27H25N5OS. The maximum absolute atomic E-state index is 12.9. The van der Waals surface area contributed by atoms with Crippen molar-refractivity contribution in [3.8, 4) is 5.69 Å². The van der Waals surface area contributed by atoms with E-state index in [-0.39, 0.29) is 11.4 Å². The third kappa shape index (κ3) is 3.92. The molecule has 1 N–H and O–H groups in total. The van der Waals surface area contributed by atoms with Crippen molar-refractivity contribution in [2.45, 2.75) is 34.1 Å². The summed E-state index contributed by atoms with van der Waals surface area (Å²) in [6.07, 6.45) is 2.41. The summed E-state index contributed by atoms with van der Waals surface area (Å²) >= 11 is 1.35. The molecule has 2 aliphatic heterocycles. The minimum absolute atomic E-state index is 0.0575. The predicted octanol–water partition coefficient (Wildman–Crippen LogP) is 5.57. The molecule has 0 atom stereocenters. The van der Waals surface area contributed by atoms with Crippen LogP contribution in [0.2, 0.25) is 0 Å². The molecule has 2 aliphatic rings. The van der Waals surface area contributed by atoms with E-state index in [1.54, 1.807) is 6.08 Å². The molecule has 6 nitrogen and oxygen atoms in total. The first-order chi connectivity index (χ1) is 16.3. The molecule has 0 fully saturated rings. The van der Waals surface area contributed by atoms with Crippen LogP contribution in [-0.2, 0) is 11.2 Å². The van der Waals surface area contributed by atoms with Gasteiger partial charge < -0.3 is 4.57 Å². The molecule has 0 spiro atoms. The molecule has 0 radical (unpaired) electrons. The minimum atomic E-state index is -0.406. The van der Waals surface area contributed by atoms with Crippen LogP contribution in [0.3, 0.4) is 0 Å². The summed E-state index contributed by atoms with van der Waals surface area (Å²) in [4.78, 5) is 17.1. The molecule has 170 valence electrons. The second-order valence-corrected chi connectivity index (χ2v) is 9.67. The molecule has 2 aromatic carbocycles. The Morgan fingerprint density at radius 2 is 1.79 bits per heavy atom. The summed E-state index contributed by atoms with van der Waals surface area (Å²) in [5, 5.41) is 16.0. The number of fused-ring (bicyclic) bond motifs is 1. The predicted molar refractivity (Wildman–Crippen MR) is 140 cm³/mol. The quantitative estimate of drug-likeness (QED) is 0.510. The van der Waals surface area contributed by atoms with Crippen molar-refractivity contribution in [2.24, 2.45) is 10.1 Å². The van der Waals surface area contributed by atoms with Gasteiger partial charge in [-0.25, -0.2) is 0 Å². The number of benzene rings is 2. The monoisotopic (exact) mass is 467 g/mol. The first-order valence-electron chi connectivity index (χ1n) is 11.1. The average molecular weight is 468 g/mol. The van der Waals surface area contributed by atoms with E-state index < -0.39 is 5.91 Å². The second-order valence-electron chi connectivity index (χ2n) is 8.63. The van der Waals surface area contributed by atoms with E-state index in [0.717, 1.165) is 33.2 Å². The summed E-state index contributed by atoms with van der Waals surface area (Å²) in [6.45, 7) is 8.27. The van der Waals surface area contributed by atoms with Gasteiger partial charge in [-0.15, -0.1) is 0 Å².